The fourth-order valence-corrected chi connectivity index (χ4v) is 5.22. The second kappa shape index (κ2) is 15.9. The molecule has 0 heterocycles. The van der Waals surface area contributed by atoms with Crippen LogP contribution in [0.4, 0.5) is 11.4 Å². The maximum atomic E-state index is 11.4. The third kappa shape index (κ3) is 11.2. The Bertz CT molecular complexity index is 996. The predicted molar refractivity (Wildman–Crippen MR) is 149 cm³/mol. The van der Waals surface area contributed by atoms with Gasteiger partial charge in [0.2, 0.25) is 12.8 Å². The van der Waals surface area contributed by atoms with Gasteiger partial charge in [-0.05, 0) is 61.4 Å². The second-order valence-corrected chi connectivity index (χ2v) is 12.5. The van der Waals surface area contributed by atoms with Crippen molar-refractivity contribution in [2.75, 3.05) is 22.9 Å². The molecule has 0 aliphatic heterocycles. The molecule has 0 radical (unpaired) electrons. The summed E-state index contributed by atoms with van der Waals surface area (Å²) in [6.45, 7) is 1.12. The van der Waals surface area contributed by atoms with Crippen LogP contribution in [0.25, 0.3) is 0 Å². The van der Waals surface area contributed by atoms with Crippen LogP contribution in [0.15, 0.2) is 48.5 Å². The average molecular weight is 569 g/mol. The van der Waals surface area contributed by atoms with E-state index in [0.717, 1.165) is 77.0 Å². The van der Waals surface area contributed by atoms with E-state index in [4.69, 9.17) is 0 Å². The van der Waals surface area contributed by atoms with Crippen LogP contribution in [0, 0.1) is 0 Å². The Labute approximate surface area is 224 Å². The summed E-state index contributed by atoms with van der Waals surface area (Å²) >= 11 is 0. The third-order valence-electron chi connectivity index (χ3n) is 6.34. The number of hydrogen-bond acceptors (Lipinski definition) is 4. The maximum Gasteiger partial charge on any atom is 0.356 e. The van der Waals surface area contributed by atoms with Crippen molar-refractivity contribution in [1.29, 1.82) is 0 Å². The largest absolute Gasteiger partial charge is 0.356 e. The minimum absolute atomic E-state index is 0.0662. The molecule has 4 N–H and O–H groups in total. The highest BCUT2D eigenvalue weighted by atomic mass is 31.2. The lowest BCUT2D eigenvalue weighted by Gasteiger charge is -2.18. The van der Waals surface area contributed by atoms with E-state index in [0.29, 0.717) is 24.5 Å². The predicted octanol–water partition coefficient (Wildman–Crippen LogP) is 3.82. The van der Waals surface area contributed by atoms with Crippen LogP contribution in [0.2, 0.25) is 0 Å². The lowest BCUT2D eigenvalue weighted by Crippen LogP contribution is -2.22. The molecular weight excluding hydrogens is 530 g/mol. The zero-order chi connectivity index (χ0) is 28.0. The summed E-state index contributed by atoms with van der Waals surface area (Å²) in [6.07, 6.45) is 11.9. The number of carbonyl (C=O) groups excluding carboxylic acids is 2. The van der Waals surface area contributed by atoms with E-state index in [1.165, 1.54) is 24.3 Å². The Kier molecular flexibility index (Phi) is 13.4. The Hall–Kier alpha value is -2.32. The van der Waals surface area contributed by atoms with Crippen LogP contribution in [0.5, 0.6) is 0 Å². The molecular formula is C26H38N2O8P2. The first-order valence-corrected chi connectivity index (χ1v) is 16.0. The SMILES string of the molecule is O=CN(CCCCCCCCCCCCN(C=O)c1ccc(P(=O)(O)O)cc1)c1ccc(P(=O)(O)O)cc1. The number of rotatable bonds is 19. The van der Waals surface area contributed by atoms with Gasteiger partial charge >= 0.3 is 15.2 Å². The van der Waals surface area contributed by atoms with Crippen molar-refractivity contribution < 1.29 is 38.3 Å². The van der Waals surface area contributed by atoms with Gasteiger partial charge in [-0.25, -0.2) is 0 Å². The molecule has 0 atom stereocenters. The summed E-state index contributed by atoms with van der Waals surface area (Å²) in [6, 6.07) is 11.6. The number of benzene rings is 2. The molecule has 0 aliphatic rings. The van der Waals surface area contributed by atoms with E-state index in [1.807, 2.05) is 0 Å². The van der Waals surface area contributed by atoms with E-state index in [-0.39, 0.29) is 10.6 Å². The van der Waals surface area contributed by atoms with Crippen LogP contribution in [0.1, 0.15) is 64.2 Å². The molecule has 10 nitrogen and oxygen atoms in total. The zero-order valence-electron chi connectivity index (χ0n) is 21.5. The standard InChI is InChI=1S/C26H38N2O8P2/c29-21-27(23-11-15-25(16-12-23)37(31,32)33)19-9-7-5-3-1-2-4-6-8-10-20-28(22-30)24-13-17-26(18-14-24)38(34,35)36/h11-18,21-22H,1-10,19-20H2,(H2,31,32,33)(H2,34,35,36). The van der Waals surface area contributed by atoms with Gasteiger partial charge in [0.25, 0.3) is 0 Å². The molecule has 2 aromatic carbocycles. The molecule has 0 bridgehead atoms. The van der Waals surface area contributed by atoms with Crippen LogP contribution in [0.3, 0.4) is 0 Å². The summed E-state index contributed by atoms with van der Waals surface area (Å²) in [4.78, 5) is 62.6. The van der Waals surface area contributed by atoms with Gasteiger partial charge in [-0.3, -0.25) is 18.7 Å². The number of hydrogen-bond donors (Lipinski definition) is 4. The van der Waals surface area contributed by atoms with Crippen molar-refractivity contribution in [3.05, 3.63) is 48.5 Å². The van der Waals surface area contributed by atoms with Gasteiger partial charge in [-0.2, -0.15) is 0 Å². The highest BCUT2D eigenvalue weighted by molar-refractivity contribution is 7.60. The molecule has 0 saturated carbocycles. The highest BCUT2D eigenvalue weighted by Gasteiger charge is 2.18. The molecule has 2 aromatic rings. The summed E-state index contributed by atoms with van der Waals surface area (Å²) in [7, 11) is -8.58. The lowest BCUT2D eigenvalue weighted by molar-refractivity contribution is -0.108. The molecule has 0 unspecified atom stereocenters. The van der Waals surface area contributed by atoms with Crippen molar-refractivity contribution in [1.82, 2.24) is 0 Å². The van der Waals surface area contributed by atoms with E-state index < -0.39 is 15.2 Å². The average Bonchev–Trinajstić information content (AvgIpc) is 2.88. The first-order chi connectivity index (χ1) is 18.1. The molecule has 0 aromatic heterocycles. The summed E-state index contributed by atoms with van der Waals surface area (Å²) in [5.41, 5.74) is 1.23. The van der Waals surface area contributed by atoms with Crippen LogP contribution in [-0.4, -0.2) is 45.5 Å². The highest BCUT2D eigenvalue weighted by Crippen LogP contribution is 2.34. The van der Waals surface area contributed by atoms with Gasteiger partial charge in [0.15, 0.2) is 0 Å². The van der Waals surface area contributed by atoms with Crippen LogP contribution in [-0.2, 0) is 18.7 Å². The van der Waals surface area contributed by atoms with Crippen molar-refractivity contribution in [3.8, 4) is 0 Å². The Morgan fingerprint density at radius 2 is 0.763 bits per heavy atom. The molecule has 210 valence electrons. The Morgan fingerprint density at radius 3 is 1.00 bits per heavy atom. The van der Waals surface area contributed by atoms with Gasteiger partial charge in [0.05, 0.1) is 10.6 Å². The minimum Gasteiger partial charge on any atom is -0.321 e. The smallest absolute Gasteiger partial charge is 0.321 e. The molecule has 12 heteroatoms. The monoisotopic (exact) mass is 568 g/mol. The van der Waals surface area contributed by atoms with Gasteiger partial charge in [0, 0.05) is 24.5 Å². The number of amides is 2. The molecule has 38 heavy (non-hydrogen) atoms. The normalized spacial score (nSPS) is 11.8. The van der Waals surface area contributed by atoms with Gasteiger partial charge in [-0.1, -0.05) is 51.4 Å². The van der Waals surface area contributed by atoms with E-state index >= 15 is 0 Å². The first kappa shape index (κ1) is 31.9. The van der Waals surface area contributed by atoms with Crippen molar-refractivity contribution in [2.24, 2.45) is 0 Å². The molecule has 2 amide bonds. The molecule has 0 saturated heterocycles. The van der Waals surface area contributed by atoms with Crippen molar-refractivity contribution in [3.63, 3.8) is 0 Å². The number of anilines is 2. The van der Waals surface area contributed by atoms with Crippen molar-refractivity contribution >= 4 is 50.0 Å². The summed E-state index contributed by atoms with van der Waals surface area (Å²) in [5, 5.41) is -0.132. The number of unbranched alkanes of at least 4 members (excludes halogenated alkanes) is 9. The minimum atomic E-state index is -4.29. The summed E-state index contributed by atoms with van der Waals surface area (Å²) in [5.74, 6) is 0. The quantitative estimate of drug-likeness (QED) is 0.113. The van der Waals surface area contributed by atoms with E-state index in [1.54, 1.807) is 34.1 Å². The van der Waals surface area contributed by atoms with E-state index in [9.17, 15) is 38.3 Å². The molecule has 0 fully saturated rings. The lowest BCUT2D eigenvalue weighted by atomic mass is 10.1. The van der Waals surface area contributed by atoms with Gasteiger partial charge in [0.1, 0.15) is 0 Å². The molecule has 0 spiro atoms. The summed E-state index contributed by atoms with van der Waals surface area (Å²) < 4.78 is 22.5. The Morgan fingerprint density at radius 1 is 0.500 bits per heavy atom. The van der Waals surface area contributed by atoms with Gasteiger partial charge < -0.3 is 29.4 Å². The van der Waals surface area contributed by atoms with Crippen molar-refractivity contribution in [2.45, 2.75) is 64.2 Å². The first-order valence-electron chi connectivity index (χ1n) is 12.8. The second-order valence-electron chi connectivity index (χ2n) is 9.25. The number of carbonyl (C=O) groups is 2. The fraction of sp³-hybridized carbons (Fsp3) is 0.462. The van der Waals surface area contributed by atoms with Crippen LogP contribution < -0.4 is 20.4 Å². The molecule has 2 rings (SSSR count). The van der Waals surface area contributed by atoms with Crippen LogP contribution >= 0.6 is 15.2 Å². The third-order valence-corrected chi connectivity index (χ3v) is 8.28. The fourth-order valence-electron chi connectivity index (χ4n) is 4.14. The number of nitrogens with zero attached hydrogens (tertiary/aromatic N) is 2. The molecule has 0 aliphatic carbocycles. The topological polar surface area (TPSA) is 156 Å². The Balaban J connectivity index is 1.52. The van der Waals surface area contributed by atoms with E-state index in [2.05, 4.69) is 0 Å². The van der Waals surface area contributed by atoms with Gasteiger partial charge in [-0.15, -0.1) is 0 Å². The zero-order valence-corrected chi connectivity index (χ0v) is 23.3. The maximum absolute atomic E-state index is 11.4.